The zero-order valence-corrected chi connectivity index (χ0v) is 13.2. The van der Waals surface area contributed by atoms with E-state index in [2.05, 4.69) is 36.6 Å². The molecule has 0 saturated carbocycles. The van der Waals surface area contributed by atoms with E-state index >= 15 is 0 Å². The standard InChI is InChI=1S/C11H11Br2ClO3/c1-16-10-4-6(7(12)5-8(10)13)3-9(14)11(15)17-2/h4-5,9H,3H2,1-2H3. The molecule has 0 radical (unpaired) electrons. The molecule has 0 fully saturated rings. The van der Waals surface area contributed by atoms with Crippen LogP contribution < -0.4 is 4.74 Å². The van der Waals surface area contributed by atoms with Crippen LogP contribution in [0, 0.1) is 0 Å². The highest BCUT2D eigenvalue weighted by Crippen LogP contribution is 2.32. The van der Waals surface area contributed by atoms with Gasteiger partial charge in [0.1, 0.15) is 11.1 Å². The van der Waals surface area contributed by atoms with Gasteiger partial charge in [0.05, 0.1) is 18.7 Å². The van der Waals surface area contributed by atoms with Gasteiger partial charge in [-0.25, -0.2) is 0 Å². The van der Waals surface area contributed by atoms with Crippen molar-refractivity contribution in [3.05, 3.63) is 26.6 Å². The van der Waals surface area contributed by atoms with E-state index in [0.29, 0.717) is 12.2 Å². The number of ether oxygens (including phenoxy) is 2. The van der Waals surface area contributed by atoms with E-state index in [1.165, 1.54) is 7.11 Å². The van der Waals surface area contributed by atoms with Crippen LogP contribution in [0.2, 0.25) is 0 Å². The highest BCUT2D eigenvalue weighted by atomic mass is 79.9. The van der Waals surface area contributed by atoms with Crippen LogP contribution in [0.4, 0.5) is 0 Å². The quantitative estimate of drug-likeness (QED) is 0.587. The molecular formula is C11H11Br2ClO3. The van der Waals surface area contributed by atoms with Crippen molar-refractivity contribution in [2.75, 3.05) is 14.2 Å². The maximum Gasteiger partial charge on any atom is 0.324 e. The molecule has 0 aliphatic heterocycles. The SMILES string of the molecule is COC(=O)C(Cl)Cc1cc(OC)c(Br)cc1Br. The molecule has 94 valence electrons. The van der Waals surface area contributed by atoms with Crippen LogP contribution in [0.25, 0.3) is 0 Å². The van der Waals surface area contributed by atoms with Crippen molar-refractivity contribution in [2.24, 2.45) is 0 Å². The van der Waals surface area contributed by atoms with E-state index in [4.69, 9.17) is 16.3 Å². The Morgan fingerprint density at radius 3 is 2.53 bits per heavy atom. The number of methoxy groups -OCH3 is 2. The van der Waals surface area contributed by atoms with Crippen molar-refractivity contribution >= 4 is 49.4 Å². The topological polar surface area (TPSA) is 35.5 Å². The Balaban J connectivity index is 2.94. The smallest absolute Gasteiger partial charge is 0.324 e. The monoisotopic (exact) mass is 384 g/mol. The summed E-state index contributed by atoms with van der Waals surface area (Å²) in [7, 11) is 2.89. The third kappa shape index (κ3) is 3.86. The molecule has 1 aromatic rings. The predicted octanol–water partition coefficient (Wildman–Crippen LogP) is 3.54. The molecule has 1 unspecified atom stereocenters. The first kappa shape index (κ1) is 14.8. The Hall–Kier alpha value is -0.260. The molecule has 0 N–H and O–H groups in total. The maximum absolute atomic E-state index is 11.2. The van der Waals surface area contributed by atoms with Crippen molar-refractivity contribution in [2.45, 2.75) is 11.8 Å². The van der Waals surface area contributed by atoms with Gasteiger partial charge in [-0.1, -0.05) is 15.9 Å². The molecule has 1 aromatic carbocycles. The van der Waals surface area contributed by atoms with Crippen molar-refractivity contribution < 1.29 is 14.3 Å². The molecule has 0 amide bonds. The zero-order chi connectivity index (χ0) is 13.0. The van der Waals surface area contributed by atoms with Crippen LogP contribution in [0.15, 0.2) is 21.1 Å². The molecule has 1 rings (SSSR count). The van der Waals surface area contributed by atoms with Crippen LogP contribution in [0.3, 0.4) is 0 Å². The number of hydrogen-bond donors (Lipinski definition) is 0. The fourth-order valence-electron chi connectivity index (χ4n) is 1.29. The van der Waals surface area contributed by atoms with Gasteiger partial charge in [0.25, 0.3) is 0 Å². The third-order valence-corrected chi connectivity index (χ3v) is 3.87. The fourth-order valence-corrected chi connectivity index (χ4v) is 2.86. The third-order valence-electron chi connectivity index (χ3n) is 2.18. The number of rotatable bonds is 4. The van der Waals surface area contributed by atoms with E-state index in [1.807, 2.05) is 12.1 Å². The van der Waals surface area contributed by atoms with Crippen LogP contribution in [0.1, 0.15) is 5.56 Å². The first-order valence-electron chi connectivity index (χ1n) is 4.73. The van der Waals surface area contributed by atoms with Crippen molar-refractivity contribution in [3.8, 4) is 5.75 Å². The molecule has 0 saturated heterocycles. The summed E-state index contributed by atoms with van der Waals surface area (Å²) in [6.07, 6.45) is 0.373. The number of benzene rings is 1. The molecule has 0 aromatic heterocycles. The first-order valence-corrected chi connectivity index (χ1v) is 6.75. The Kier molecular flexibility index (Phi) is 5.76. The minimum absolute atomic E-state index is 0.373. The summed E-state index contributed by atoms with van der Waals surface area (Å²) in [6.45, 7) is 0. The van der Waals surface area contributed by atoms with Gasteiger partial charge < -0.3 is 9.47 Å². The Labute approximate surface area is 122 Å². The van der Waals surface area contributed by atoms with Gasteiger partial charge in [-0.3, -0.25) is 4.79 Å². The highest BCUT2D eigenvalue weighted by Gasteiger charge is 2.18. The molecule has 0 heterocycles. The van der Waals surface area contributed by atoms with Gasteiger partial charge in [-0.2, -0.15) is 0 Å². The second-order valence-corrected chi connectivity index (χ2v) is 5.51. The number of esters is 1. The normalized spacial score (nSPS) is 12.1. The maximum atomic E-state index is 11.2. The van der Waals surface area contributed by atoms with E-state index in [-0.39, 0.29) is 0 Å². The predicted molar refractivity (Wildman–Crippen MR) is 73.8 cm³/mol. The zero-order valence-electron chi connectivity index (χ0n) is 9.30. The fraction of sp³-hybridized carbons (Fsp3) is 0.364. The van der Waals surface area contributed by atoms with Gasteiger partial charge in [0, 0.05) is 10.9 Å². The minimum atomic E-state index is -0.706. The minimum Gasteiger partial charge on any atom is -0.496 e. The average Bonchev–Trinajstić information content (AvgIpc) is 2.31. The lowest BCUT2D eigenvalue weighted by molar-refractivity contribution is -0.140. The van der Waals surface area contributed by atoms with E-state index in [0.717, 1.165) is 14.5 Å². The van der Waals surface area contributed by atoms with E-state index in [1.54, 1.807) is 7.11 Å². The molecule has 0 aliphatic rings. The molecule has 0 aliphatic carbocycles. The van der Waals surface area contributed by atoms with Gasteiger partial charge in [0.2, 0.25) is 0 Å². The van der Waals surface area contributed by atoms with Crippen LogP contribution in [-0.2, 0) is 16.0 Å². The summed E-state index contributed by atoms with van der Waals surface area (Å²) in [5.41, 5.74) is 0.885. The Morgan fingerprint density at radius 1 is 1.35 bits per heavy atom. The van der Waals surface area contributed by atoms with Crippen LogP contribution in [-0.4, -0.2) is 25.6 Å². The number of halogens is 3. The number of carbonyl (C=O) groups excluding carboxylic acids is 1. The molecule has 0 bridgehead atoms. The summed E-state index contributed by atoms with van der Waals surface area (Å²) in [5, 5.41) is -0.706. The Morgan fingerprint density at radius 2 is 2.00 bits per heavy atom. The molecule has 0 spiro atoms. The molecule has 6 heteroatoms. The summed E-state index contributed by atoms with van der Waals surface area (Å²) in [4.78, 5) is 11.2. The first-order chi connectivity index (χ1) is 7.99. The van der Waals surface area contributed by atoms with Gasteiger partial charge in [-0.05, 0) is 33.6 Å². The lowest BCUT2D eigenvalue weighted by atomic mass is 10.1. The molecular weight excluding hydrogens is 375 g/mol. The van der Waals surface area contributed by atoms with Gasteiger partial charge in [0.15, 0.2) is 0 Å². The molecule has 1 atom stereocenters. The van der Waals surface area contributed by atoms with Crippen LogP contribution in [0.5, 0.6) is 5.75 Å². The largest absolute Gasteiger partial charge is 0.496 e. The summed E-state index contributed by atoms with van der Waals surface area (Å²) in [5.74, 6) is 0.248. The molecule has 3 nitrogen and oxygen atoms in total. The van der Waals surface area contributed by atoms with Crippen molar-refractivity contribution in [1.82, 2.24) is 0 Å². The van der Waals surface area contributed by atoms with Crippen LogP contribution >= 0.6 is 43.5 Å². The second kappa shape index (κ2) is 6.61. The summed E-state index contributed by atoms with van der Waals surface area (Å²) in [6, 6.07) is 3.68. The number of carbonyl (C=O) groups is 1. The van der Waals surface area contributed by atoms with E-state index in [9.17, 15) is 4.79 Å². The van der Waals surface area contributed by atoms with Crippen molar-refractivity contribution in [3.63, 3.8) is 0 Å². The lowest BCUT2D eigenvalue weighted by Gasteiger charge is -2.11. The van der Waals surface area contributed by atoms with Gasteiger partial charge in [-0.15, -0.1) is 11.6 Å². The molecule has 17 heavy (non-hydrogen) atoms. The lowest BCUT2D eigenvalue weighted by Crippen LogP contribution is -2.18. The number of hydrogen-bond acceptors (Lipinski definition) is 3. The summed E-state index contributed by atoms with van der Waals surface area (Å²) < 4.78 is 11.5. The highest BCUT2D eigenvalue weighted by molar-refractivity contribution is 9.11. The van der Waals surface area contributed by atoms with Crippen molar-refractivity contribution in [1.29, 1.82) is 0 Å². The number of alkyl halides is 1. The van der Waals surface area contributed by atoms with Gasteiger partial charge >= 0.3 is 5.97 Å². The average molecular weight is 386 g/mol. The second-order valence-electron chi connectivity index (χ2n) is 3.27. The summed E-state index contributed by atoms with van der Waals surface area (Å²) >= 11 is 12.7. The van der Waals surface area contributed by atoms with E-state index < -0.39 is 11.3 Å². The Bertz CT molecular complexity index is 423.